The Bertz CT molecular complexity index is 246. The number of likely N-dealkylation sites (N-methyl/N-ethyl adjacent to an activating group) is 1. The van der Waals surface area contributed by atoms with Crippen LogP contribution in [0.4, 0.5) is 0 Å². The summed E-state index contributed by atoms with van der Waals surface area (Å²) in [5, 5.41) is 3.31. The molecule has 0 aromatic carbocycles. The van der Waals surface area contributed by atoms with Crippen molar-refractivity contribution in [2.75, 3.05) is 53.0 Å². The van der Waals surface area contributed by atoms with E-state index < -0.39 is 0 Å². The molecule has 1 amide bonds. The van der Waals surface area contributed by atoms with Gasteiger partial charge < -0.3 is 15.0 Å². The van der Waals surface area contributed by atoms with Crippen LogP contribution >= 0.6 is 0 Å². The van der Waals surface area contributed by atoms with E-state index in [-0.39, 0.29) is 5.91 Å². The number of nitrogens with one attached hydrogen (secondary N) is 1. The second kappa shape index (κ2) is 6.33. The van der Waals surface area contributed by atoms with Crippen LogP contribution in [0.3, 0.4) is 0 Å². The molecule has 5 nitrogen and oxygen atoms in total. The number of hydrogen-bond donors (Lipinski definition) is 1. The molecular formula is C12H23N3O2. The van der Waals surface area contributed by atoms with Gasteiger partial charge in [0.05, 0.1) is 13.2 Å². The van der Waals surface area contributed by atoms with Crippen molar-refractivity contribution in [3.8, 4) is 0 Å². The standard InChI is InChI=1S/C12H23N3O2/c1-14(11-3-8-17-10-11)9-12(16)15-6-2-4-13-5-7-15/h11,13H,2-10H2,1H3. The molecule has 0 aliphatic carbocycles. The van der Waals surface area contributed by atoms with Crippen LogP contribution in [0.5, 0.6) is 0 Å². The molecule has 2 heterocycles. The van der Waals surface area contributed by atoms with Crippen LogP contribution in [-0.2, 0) is 9.53 Å². The maximum atomic E-state index is 12.1. The zero-order chi connectivity index (χ0) is 12.1. The van der Waals surface area contributed by atoms with Crippen molar-refractivity contribution in [1.82, 2.24) is 15.1 Å². The maximum absolute atomic E-state index is 12.1. The summed E-state index contributed by atoms with van der Waals surface area (Å²) >= 11 is 0. The molecule has 2 rings (SSSR count). The Morgan fingerprint density at radius 1 is 1.47 bits per heavy atom. The van der Waals surface area contributed by atoms with Gasteiger partial charge in [0, 0.05) is 32.3 Å². The number of carbonyl (C=O) groups is 1. The third-order valence-corrected chi connectivity index (χ3v) is 3.61. The minimum atomic E-state index is 0.253. The summed E-state index contributed by atoms with van der Waals surface area (Å²) in [6.45, 7) is 5.79. The van der Waals surface area contributed by atoms with Crippen LogP contribution in [0.25, 0.3) is 0 Å². The molecule has 1 atom stereocenters. The fraction of sp³-hybridized carbons (Fsp3) is 0.917. The molecule has 0 bridgehead atoms. The molecule has 0 saturated carbocycles. The number of hydrogen-bond acceptors (Lipinski definition) is 4. The van der Waals surface area contributed by atoms with Crippen molar-refractivity contribution < 1.29 is 9.53 Å². The molecule has 0 radical (unpaired) electrons. The number of nitrogens with zero attached hydrogens (tertiary/aromatic N) is 2. The van der Waals surface area contributed by atoms with Gasteiger partial charge >= 0.3 is 0 Å². The predicted molar refractivity (Wildman–Crippen MR) is 65.9 cm³/mol. The predicted octanol–water partition coefficient (Wildman–Crippen LogP) is -0.471. The van der Waals surface area contributed by atoms with Crippen LogP contribution in [0.2, 0.25) is 0 Å². The van der Waals surface area contributed by atoms with Crippen molar-refractivity contribution in [3.05, 3.63) is 0 Å². The van der Waals surface area contributed by atoms with Crippen molar-refractivity contribution in [3.63, 3.8) is 0 Å². The van der Waals surface area contributed by atoms with Gasteiger partial charge in [0.25, 0.3) is 0 Å². The third-order valence-electron chi connectivity index (χ3n) is 3.61. The lowest BCUT2D eigenvalue weighted by molar-refractivity contribution is -0.132. The highest BCUT2D eigenvalue weighted by molar-refractivity contribution is 5.78. The van der Waals surface area contributed by atoms with E-state index in [9.17, 15) is 4.79 Å². The van der Waals surface area contributed by atoms with Crippen molar-refractivity contribution in [2.24, 2.45) is 0 Å². The van der Waals surface area contributed by atoms with E-state index in [1.54, 1.807) is 0 Å². The SMILES string of the molecule is CN(CC(=O)N1CCCNCC1)C1CCOC1. The van der Waals surface area contributed by atoms with Gasteiger partial charge in [-0.25, -0.2) is 0 Å². The van der Waals surface area contributed by atoms with Gasteiger partial charge in [0.2, 0.25) is 5.91 Å². The van der Waals surface area contributed by atoms with E-state index in [1.807, 2.05) is 11.9 Å². The van der Waals surface area contributed by atoms with Crippen LogP contribution in [0.1, 0.15) is 12.8 Å². The number of amides is 1. The van der Waals surface area contributed by atoms with Crippen LogP contribution in [0.15, 0.2) is 0 Å². The van der Waals surface area contributed by atoms with Gasteiger partial charge in [-0.1, -0.05) is 0 Å². The maximum Gasteiger partial charge on any atom is 0.236 e. The molecule has 98 valence electrons. The van der Waals surface area contributed by atoms with Crippen molar-refractivity contribution in [2.45, 2.75) is 18.9 Å². The lowest BCUT2D eigenvalue weighted by atomic mass is 10.2. The highest BCUT2D eigenvalue weighted by Gasteiger charge is 2.24. The Hall–Kier alpha value is -0.650. The molecular weight excluding hydrogens is 218 g/mol. The zero-order valence-corrected chi connectivity index (χ0v) is 10.7. The lowest BCUT2D eigenvalue weighted by Crippen LogP contribution is -2.44. The van der Waals surface area contributed by atoms with Crippen LogP contribution in [-0.4, -0.2) is 74.7 Å². The van der Waals surface area contributed by atoms with E-state index in [0.717, 1.165) is 52.2 Å². The Kier molecular flexibility index (Phi) is 4.76. The molecule has 17 heavy (non-hydrogen) atoms. The Morgan fingerprint density at radius 3 is 3.12 bits per heavy atom. The molecule has 1 unspecified atom stereocenters. The summed E-state index contributed by atoms with van der Waals surface area (Å²) in [5.41, 5.74) is 0. The molecule has 2 fully saturated rings. The van der Waals surface area contributed by atoms with Crippen molar-refractivity contribution >= 4 is 5.91 Å². The molecule has 5 heteroatoms. The molecule has 0 aromatic rings. The molecule has 1 N–H and O–H groups in total. The summed E-state index contributed by atoms with van der Waals surface area (Å²) in [6.07, 6.45) is 2.10. The molecule has 2 saturated heterocycles. The van der Waals surface area contributed by atoms with Gasteiger partial charge in [0.15, 0.2) is 0 Å². The second-order valence-electron chi connectivity index (χ2n) is 4.92. The average molecular weight is 241 g/mol. The summed E-state index contributed by atoms with van der Waals surface area (Å²) in [7, 11) is 2.02. The van der Waals surface area contributed by atoms with E-state index in [2.05, 4.69) is 10.2 Å². The van der Waals surface area contributed by atoms with E-state index in [0.29, 0.717) is 12.6 Å². The summed E-state index contributed by atoms with van der Waals surface area (Å²) in [6, 6.07) is 0.420. The molecule has 2 aliphatic heterocycles. The first kappa shape index (κ1) is 12.8. The smallest absolute Gasteiger partial charge is 0.236 e. The van der Waals surface area contributed by atoms with Gasteiger partial charge in [-0.2, -0.15) is 0 Å². The van der Waals surface area contributed by atoms with Gasteiger partial charge in [-0.15, -0.1) is 0 Å². The minimum absolute atomic E-state index is 0.253. The monoisotopic (exact) mass is 241 g/mol. The van der Waals surface area contributed by atoms with E-state index in [4.69, 9.17) is 4.74 Å². The summed E-state index contributed by atoms with van der Waals surface area (Å²) < 4.78 is 5.35. The fourth-order valence-corrected chi connectivity index (χ4v) is 2.41. The summed E-state index contributed by atoms with van der Waals surface area (Å²) in [4.78, 5) is 16.2. The fourth-order valence-electron chi connectivity index (χ4n) is 2.41. The molecule has 0 spiro atoms. The van der Waals surface area contributed by atoms with Crippen molar-refractivity contribution in [1.29, 1.82) is 0 Å². The number of carbonyl (C=O) groups excluding carboxylic acids is 1. The molecule has 0 aromatic heterocycles. The largest absolute Gasteiger partial charge is 0.380 e. The Labute approximate surface area is 103 Å². The second-order valence-corrected chi connectivity index (χ2v) is 4.92. The van der Waals surface area contributed by atoms with Gasteiger partial charge in [0.1, 0.15) is 0 Å². The quantitative estimate of drug-likeness (QED) is 0.725. The first-order valence-electron chi connectivity index (χ1n) is 6.54. The van der Waals surface area contributed by atoms with Crippen LogP contribution in [0, 0.1) is 0 Å². The number of ether oxygens (including phenoxy) is 1. The Morgan fingerprint density at radius 2 is 2.35 bits per heavy atom. The summed E-state index contributed by atoms with van der Waals surface area (Å²) in [5.74, 6) is 0.253. The third kappa shape index (κ3) is 3.66. The Balaban J connectivity index is 1.78. The average Bonchev–Trinajstić information content (AvgIpc) is 2.71. The van der Waals surface area contributed by atoms with Gasteiger partial charge in [-0.3, -0.25) is 9.69 Å². The minimum Gasteiger partial charge on any atom is -0.380 e. The highest BCUT2D eigenvalue weighted by atomic mass is 16.5. The first-order chi connectivity index (χ1) is 8.27. The topological polar surface area (TPSA) is 44.8 Å². The number of rotatable bonds is 3. The van der Waals surface area contributed by atoms with E-state index in [1.165, 1.54) is 0 Å². The normalized spacial score (nSPS) is 26.2. The van der Waals surface area contributed by atoms with E-state index >= 15 is 0 Å². The highest BCUT2D eigenvalue weighted by Crippen LogP contribution is 2.10. The lowest BCUT2D eigenvalue weighted by Gasteiger charge is -2.26. The first-order valence-corrected chi connectivity index (χ1v) is 6.54. The van der Waals surface area contributed by atoms with Gasteiger partial charge in [-0.05, 0) is 26.4 Å². The molecule has 2 aliphatic rings. The van der Waals surface area contributed by atoms with Crippen LogP contribution < -0.4 is 5.32 Å². The zero-order valence-electron chi connectivity index (χ0n) is 10.7.